The monoisotopic (exact) mass is 523 g/mol. The third-order valence-corrected chi connectivity index (χ3v) is 8.25. The van der Waals surface area contributed by atoms with Crippen molar-refractivity contribution in [2.45, 2.75) is 38.6 Å². The van der Waals surface area contributed by atoms with Crippen molar-refractivity contribution in [2.75, 3.05) is 26.2 Å². The van der Waals surface area contributed by atoms with Gasteiger partial charge in [-0.05, 0) is 84.7 Å². The van der Waals surface area contributed by atoms with Crippen LogP contribution in [0.4, 0.5) is 0 Å². The number of nitrogens with zero attached hydrogens (tertiary/aromatic N) is 1. The molecule has 1 fully saturated rings. The Hall–Kier alpha value is -3.77. The molecule has 1 amide bonds. The fourth-order valence-electron chi connectivity index (χ4n) is 6.26. The second-order valence-corrected chi connectivity index (χ2v) is 11.2. The first-order valence-electron chi connectivity index (χ1n) is 14.2. The number of aryl methyl sites for hydroxylation is 2. The second-order valence-electron chi connectivity index (χ2n) is 11.2. The van der Waals surface area contributed by atoms with Gasteiger partial charge in [-0.25, -0.2) is 0 Å². The number of likely N-dealkylation sites (tertiary alicyclic amines) is 1. The molecule has 2 heterocycles. The zero-order valence-electron chi connectivity index (χ0n) is 22.4. The zero-order valence-corrected chi connectivity index (χ0v) is 22.4. The molecule has 202 valence electrons. The summed E-state index contributed by atoms with van der Waals surface area (Å²) in [7, 11) is 0. The minimum Gasteiger partial charge on any atom is -0.508 e. The molecular formula is C33H37N3O3. The van der Waals surface area contributed by atoms with Crippen LogP contribution in [0, 0.1) is 11.8 Å². The molecule has 4 aromatic rings. The number of hydrogen-bond acceptors (Lipinski definition) is 4. The maximum absolute atomic E-state index is 13.4. The number of H-pyrrole nitrogens is 1. The van der Waals surface area contributed by atoms with E-state index in [0.29, 0.717) is 13.2 Å². The van der Waals surface area contributed by atoms with Gasteiger partial charge < -0.3 is 20.1 Å². The molecular weight excluding hydrogens is 486 g/mol. The number of phenols is 1. The number of aromatic amines is 1. The molecule has 2 atom stereocenters. The Bertz CT molecular complexity index is 1430. The lowest BCUT2D eigenvalue weighted by molar-refractivity contribution is -0.127. The van der Waals surface area contributed by atoms with E-state index in [2.05, 4.69) is 45.5 Å². The van der Waals surface area contributed by atoms with Crippen molar-refractivity contribution >= 4 is 16.8 Å². The van der Waals surface area contributed by atoms with Gasteiger partial charge in [-0.2, -0.15) is 0 Å². The van der Waals surface area contributed by atoms with Crippen molar-refractivity contribution < 1.29 is 14.6 Å². The first-order chi connectivity index (χ1) is 19.1. The van der Waals surface area contributed by atoms with Gasteiger partial charge in [0.05, 0.1) is 12.5 Å². The van der Waals surface area contributed by atoms with Crippen molar-refractivity contribution in [1.82, 2.24) is 15.2 Å². The molecule has 0 saturated carbocycles. The van der Waals surface area contributed by atoms with Gasteiger partial charge in [-0.15, -0.1) is 0 Å². The van der Waals surface area contributed by atoms with E-state index in [9.17, 15) is 9.90 Å². The van der Waals surface area contributed by atoms with Crippen LogP contribution in [0.5, 0.6) is 11.5 Å². The Balaban J connectivity index is 1.09. The van der Waals surface area contributed by atoms with Gasteiger partial charge in [0.15, 0.2) is 0 Å². The number of amides is 1. The predicted molar refractivity (Wildman–Crippen MR) is 154 cm³/mol. The minimum atomic E-state index is -0.0903. The highest BCUT2D eigenvalue weighted by Crippen LogP contribution is 2.29. The normalized spacial score (nSPS) is 19.2. The summed E-state index contributed by atoms with van der Waals surface area (Å²) in [4.78, 5) is 19.0. The molecule has 0 unspecified atom stereocenters. The average Bonchev–Trinajstić information content (AvgIpc) is 3.60. The summed E-state index contributed by atoms with van der Waals surface area (Å²) < 4.78 is 6.29. The first kappa shape index (κ1) is 25.5. The van der Waals surface area contributed by atoms with Crippen LogP contribution >= 0.6 is 0 Å². The summed E-state index contributed by atoms with van der Waals surface area (Å²) in [5, 5.41) is 14.1. The van der Waals surface area contributed by atoms with Crippen molar-refractivity contribution in [3.8, 4) is 11.5 Å². The standard InChI is InChI=1S/C33H37N3O3/c37-29-11-8-23(9-12-29)19-36-20-24(22-39-30-13-10-25-4-3-5-26(25)17-30)16-28(21-36)33(38)34-15-14-27-18-35-32-7-2-1-6-31(27)32/h1-2,6-13,17-18,24,28,35,37H,3-5,14-16,19-22H2,(H,34,38)/t24-,28+/m0/s1. The van der Waals surface area contributed by atoms with E-state index in [1.807, 2.05) is 30.5 Å². The number of nitrogens with one attached hydrogen (secondary N) is 2. The lowest BCUT2D eigenvalue weighted by Gasteiger charge is -2.37. The van der Waals surface area contributed by atoms with E-state index >= 15 is 0 Å². The van der Waals surface area contributed by atoms with Gasteiger partial charge in [0.25, 0.3) is 0 Å². The Morgan fingerprint density at radius 2 is 1.87 bits per heavy atom. The van der Waals surface area contributed by atoms with Crippen LogP contribution in [-0.4, -0.2) is 47.1 Å². The first-order valence-corrected chi connectivity index (χ1v) is 14.2. The molecule has 0 radical (unpaired) electrons. The van der Waals surface area contributed by atoms with Crippen molar-refractivity contribution in [1.29, 1.82) is 0 Å². The number of carbonyl (C=O) groups excluding carboxylic acids is 1. The van der Waals surface area contributed by atoms with Gasteiger partial charge >= 0.3 is 0 Å². The number of para-hydroxylation sites is 1. The number of aromatic hydroxyl groups is 1. The van der Waals surface area contributed by atoms with E-state index in [0.717, 1.165) is 55.7 Å². The quantitative estimate of drug-likeness (QED) is 0.281. The number of fused-ring (bicyclic) bond motifs is 2. The molecule has 2 aliphatic rings. The fraction of sp³-hybridized carbons (Fsp3) is 0.364. The number of benzene rings is 3. The van der Waals surface area contributed by atoms with Crippen LogP contribution in [0.3, 0.4) is 0 Å². The highest BCUT2D eigenvalue weighted by molar-refractivity contribution is 5.83. The number of rotatable bonds is 9. The Morgan fingerprint density at radius 1 is 1.03 bits per heavy atom. The Labute approximate surface area is 230 Å². The van der Waals surface area contributed by atoms with Crippen LogP contribution in [0.2, 0.25) is 0 Å². The molecule has 0 bridgehead atoms. The van der Waals surface area contributed by atoms with Crippen molar-refractivity contribution in [2.24, 2.45) is 11.8 Å². The molecule has 39 heavy (non-hydrogen) atoms. The van der Waals surface area contributed by atoms with Gasteiger partial charge in [0.2, 0.25) is 5.91 Å². The summed E-state index contributed by atoms with van der Waals surface area (Å²) in [6.07, 6.45) is 7.19. The van der Waals surface area contributed by atoms with E-state index in [1.54, 1.807) is 12.1 Å². The molecule has 1 saturated heterocycles. The zero-order chi connectivity index (χ0) is 26.6. The van der Waals surface area contributed by atoms with Crippen molar-refractivity contribution in [3.05, 3.63) is 95.2 Å². The maximum Gasteiger partial charge on any atom is 0.224 e. The molecule has 0 spiro atoms. The molecule has 6 nitrogen and oxygen atoms in total. The molecule has 1 aliphatic carbocycles. The number of carbonyl (C=O) groups is 1. The summed E-state index contributed by atoms with van der Waals surface area (Å²) in [5.74, 6) is 1.49. The largest absolute Gasteiger partial charge is 0.508 e. The molecule has 1 aromatic heterocycles. The molecule has 6 rings (SSSR count). The number of phenolic OH excluding ortho intramolecular Hbond substituents is 1. The molecule has 6 heteroatoms. The smallest absolute Gasteiger partial charge is 0.224 e. The molecule has 3 aromatic carbocycles. The Morgan fingerprint density at radius 3 is 2.77 bits per heavy atom. The highest BCUT2D eigenvalue weighted by atomic mass is 16.5. The van der Waals surface area contributed by atoms with Gasteiger partial charge in [0, 0.05) is 49.2 Å². The molecule has 3 N–H and O–H groups in total. The fourth-order valence-corrected chi connectivity index (χ4v) is 6.26. The predicted octanol–water partition coefficient (Wildman–Crippen LogP) is 5.24. The lowest BCUT2D eigenvalue weighted by Crippen LogP contribution is -2.47. The highest BCUT2D eigenvalue weighted by Gasteiger charge is 2.32. The van der Waals surface area contributed by atoms with Gasteiger partial charge in [-0.3, -0.25) is 9.69 Å². The van der Waals surface area contributed by atoms with Gasteiger partial charge in [0.1, 0.15) is 11.5 Å². The second kappa shape index (κ2) is 11.5. The third kappa shape index (κ3) is 6.12. The van der Waals surface area contributed by atoms with Crippen molar-refractivity contribution in [3.63, 3.8) is 0 Å². The van der Waals surface area contributed by atoms with E-state index in [-0.39, 0.29) is 23.5 Å². The summed E-state index contributed by atoms with van der Waals surface area (Å²) in [6, 6.07) is 22.1. The topological polar surface area (TPSA) is 77.6 Å². The SMILES string of the molecule is O=C(NCCc1c[nH]c2ccccc12)[C@@H]1C[C@H](COc2ccc3c(c2)CCC3)CN(Cc2ccc(O)cc2)C1. The van der Waals surface area contributed by atoms with Crippen LogP contribution < -0.4 is 10.1 Å². The number of ether oxygens (including phenoxy) is 1. The Kier molecular flexibility index (Phi) is 7.55. The maximum atomic E-state index is 13.4. The average molecular weight is 524 g/mol. The molecule has 1 aliphatic heterocycles. The van der Waals surface area contributed by atoms with Crippen LogP contribution in [-0.2, 0) is 30.6 Å². The summed E-state index contributed by atoms with van der Waals surface area (Å²) in [5.41, 5.74) is 6.35. The van der Waals surface area contributed by atoms with E-state index < -0.39 is 0 Å². The minimum absolute atomic E-state index is 0.0903. The van der Waals surface area contributed by atoms with Crippen LogP contribution in [0.15, 0.2) is 72.9 Å². The number of piperidine rings is 1. The van der Waals surface area contributed by atoms with E-state index in [4.69, 9.17) is 4.74 Å². The number of aromatic nitrogens is 1. The van der Waals surface area contributed by atoms with Crippen LogP contribution in [0.25, 0.3) is 10.9 Å². The summed E-state index contributed by atoms with van der Waals surface area (Å²) >= 11 is 0. The van der Waals surface area contributed by atoms with Gasteiger partial charge in [-0.1, -0.05) is 36.4 Å². The number of hydrogen-bond donors (Lipinski definition) is 3. The van der Waals surface area contributed by atoms with Crippen LogP contribution in [0.1, 0.15) is 35.1 Å². The summed E-state index contributed by atoms with van der Waals surface area (Å²) in [6.45, 7) is 3.56. The third-order valence-electron chi connectivity index (χ3n) is 8.25. The van der Waals surface area contributed by atoms with E-state index in [1.165, 1.54) is 34.9 Å². The lowest BCUT2D eigenvalue weighted by atomic mass is 9.88.